The number of aliphatic hydroxyl groups is 1. The van der Waals surface area contributed by atoms with Crippen molar-refractivity contribution in [2.24, 2.45) is 0 Å². The Morgan fingerprint density at radius 1 is 1.19 bits per heavy atom. The van der Waals surface area contributed by atoms with Crippen molar-refractivity contribution in [3.63, 3.8) is 0 Å². The predicted molar refractivity (Wildman–Crippen MR) is 80.5 cm³/mol. The number of rotatable bonds is 5. The standard InChI is InChI=1S/C15H14ClN3O2/c16-13-3-1-4-14(15(13)19-8-2-7-18-19)17-9-11-5-6-12(10-20)21-11/h1-8,17,20H,9-10H2. The number of furan rings is 1. The van der Waals surface area contributed by atoms with Gasteiger partial charge in [0.15, 0.2) is 0 Å². The fourth-order valence-corrected chi connectivity index (χ4v) is 2.34. The number of nitrogens with one attached hydrogen (secondary N) is 1. The molecular formula is C15H14ClN3O2. The summed E-state index contributed by atoms with van der Waals surface area (Å²) in [7, 11) is 0. The van der Waals surface area contributed by atoms with Crippen LogP contribution < -0.4 is 5.32 Å². The smallest absolute Gasteiger partial charge is 0.129 e. The first-order valence-electron chi connectivity index (χ1n) is 6.49. The van der Waals surface area contributed by atoms with Gasteiger partial charge in [-0.05, 0) is 30.3 Å². The van der Waals surface area contributed by atoms with Crippen molar-refractivity contribution in [2.45, 2.75) is 13.2 Å². The summed E-state index contributed by atoms with van der Waals surface area (Å²) in [5, 5.41) is 17.1. The number of aromatic nitrogens is 2. The van der Waals surface area contributed by atoms with Gasteiger partial charge in [0, 0.05) is 12.4 Å². The van der Waals surface area contributed by atoms with Gasteiger partial charge in [0.1, 0.15) is 23.8 Å². The van der Waals surface area contributed by atoms with Crippen LogP contribution in [0.5, 0.6) is 0 Å². The molecule has 0 spiro atoms. The summed E-state index contributed by atoms with van der Waals surface area (Å²) in [6, 6.07) is 11.0. The Balaban J connectivity index is 1.84. The molecule has 0 unspecified atom stereocenters. The van der Waals surface area contributed by atoms with Crippen molar-refractivity contribution in [3.8, 4) is 5.69 Å². The maximum Gasteiger partial charge on any atom is 0.129 e. The van der Waals surface area contributed by atoms with E-state index in [-0.39, 0.29) is 6.61 Å². The van der Waals surface area contributed by atoms with E-state index in [2.05, 4.69) is 10.4 Å². The first-order chi connectivity index (χ1) is 10.3. The molecule has 0 radical (unpaired) electrons. The van der Waals surface area contributed by atoms with E-state index in [0.717, 1.165) is 17.1 Å². The van der Waals surface area contributed by atoms with Crippen molar-refractivity contribution in [1.29, 1.82) is 0 Å². The summed E-state index contributed by atoms with van der Waals surface area (Å²) in [4.78, 5) is 0. The number of hydrogen-bond acceptors (Lipinski definition) is 4. The summed E-state index contributed by atoms with van der Waals surface area (Å²) in [6.07, 6.45) is 3.54. The minimum atomic E-state index is -0.101. The number of benzene rings is 1. The Morgan fingerprint density at radius 2 is 2.05 bits per heavy atom. The molecule has 2 aromatic heterocycles. The molecule has 1 aromatic carbocycles. The predicted octanol–water partition coefficient (Wildman–Crippen LogP) is 3.22. The van der Waals surface area contributed by atoms with Crippen LogP contribution in [0.3, 0.4) is 0 Å². The van der Waals surface area contributed by atoms with Gasteiger partial charge in [-0.15, -0.1) is 0 Å². The minimum absolute atomic E-state index is 0.101. The Hall–Kier alpha value is -2.24. The maximum absolute atomic E-state index is 9.00. The number of aliphatic hydroxyl groups excluding tert-OH is 1. The molecule has 0 aliphatic heterocycles. The lowest BCUT2D eigenvalue weighted by molar-refractivity contribution is 0.244. The van der Waals surface area contributed by atoms with Crippen LogP contribution in [-0.4, -0.2) is 14.9 Å². The minimum Gasteiger partial charge on any atom is -0.462 e. The second-order valence-corrected chi connectivity index (χ2v) is 4.87. The van der Waals surface area contributed by atoms with E-state index in [1.165, 1.54) is 0 Å². The molecule has 0 bridgehead atoms. The van der Waals surface area contributed by atoms with E-state index in [1.807, 2.05) is 36.5 Å². The second kappa shape index (κ2) is 6.03. The lowest BCUT2D eigenvalue weighted by atomic mass is 10.2. The van der Waals surface area contributed by atoms with E-state index >= 15 is 0 Å². The van der Waals surface area contributed by atoms with Crippen molar-refractivity contribution in [2.75, 3.05) is 5.32 Å². The lowest BCUT2D eigenvalue weighted by Gasteiger charge is -2.12. The largest absolute Gasteiger partial charge is 0.462 e. The van der Waals surface area contributed by atoms with Crippen molar-refractivity contribution >= 4 is 17.3 Å². The van der Waals surface area contributed by atoms with Gasteiger partial charge in [-0.1, -0.05) is 17.7 Å². The van der Waals surface area contributed by atoms with E-state index in [4.69, 9.17) is 21.1 Å². The van der Waals surface area contributed by atoms with Crippen LogP contribution in [0.4, 0.5) is 5.69 Å². The van der Waals surface area contributed by atoms with Crippen molar-refractivity contribution in [3.05, 3.63) is 65.3 Å². The fourth-order valence-electron chi connectivity index (χ4n) is 2.08. The topological polar surface area (TPSA) is 63.2 Å². The first-order valence-corrected chi connectivity index (χ1v) is 6.86. The third kappa shape index (κ3) is 2.94. The van der Waals surface area contributed by atoms with E-state index < -0.39 is 0 Å². The quantitative estimate of drug-likeness (QED) is 0.759. The van der Waals surface area contributed by atoms with E-state index in [1.54, 1.807) is 16.9 Å². The highest BCUT2D eigenvalue weighted by atomic mass is 35.5. The molecule has 0 saturated heterocycles. The second-order valence-electron chi connectivity index (χ2n) is 4.47. The van der Waals surface area contributed by atoms with Gasteiger partial charge in [0.05, 0.1) is 17.3 Å². The molecule has 3 aromatic rings. The van der Waals surface area contributed by atoms with Crippen LogP contribution in [0.2, 0.25) is 5.02 Å². The SMILES string of the molecule is OCc1ccc(CNc2cccc(Cl)c2-n2cccn2)o1. The highest BCUT2D eigenvalue weighted by Gasteiger charge is 2.10. The Kier molecular flexibility index (Phi) is 3.94. The van der Waals surface area contributed by atoms with Gasteiger partial charge in [0.2, 0.25) is 0 Å². The van der Waals surface area contributed by atoms with Gasteiger partial charge >= 0.3 is 0 Å². The van der Waals surface area contributed by atoms with Crippen LogP contribution in [0.15, 0.2) is 53.2 Å². The van der Waals surface area contributed by atoms with Crippen LogP contribution >= 0.6 is 11.6 Å². The van der Waals surface area contributed by atoms with Gasteiger partial charge in [-0.2, -0.15) is 5.10 Å². The number of hydrogen-bond donors (Lipinski definition) is 2. The third-order valence-corrected chi connectivity index (χ3v) is 3.35. The number of halogens is 1. The molecule has 2 heterocycles. The van der Waals surface area contributed by atoms with Gasteiger partial charge < -0.3 is 14.8 Å². The molecule has 0 fully saturated rings. The van der Waals surface area contributed by atoms with Crippen LogP contribution in [-0.2, 0) is 13.2 Å². The zero-order chi connectivity index (χ0) is 14.7. The molecular weight excluding hydrogens is 290 g/mol. The highest BCUT2D eigenvalue weighted by molar-refractivity contribution is 6.33. The Labute approximate surface area is 126 Å². The summed E-state index contributed by atoms with van der Waals surface area (Å²) in [5.41, 5.74) is 1.64. The monoisotopic (exact) mass is 303 g/mol. The Bertz CT molecular complexity index is 722. The fraction of sp³-hybridized carbons (Fsp3) is 0.133. The van der Waals surface area contributed by atoms with E-state index in [0.29, 0.717) is 17.3 Å². The average Bonchev–Trinajstić information content (AvgIpc) is 3.16. The van der Waals surface area contributed by atoms with Crippen molar-refractivity contribution < 1.29 is 9.52 Å². The Morgan fingerprint density at radius 3 is 2.76 bits per heavy atom. The van der Waals surface area contributed by atoms with Gasteiger partial charge in [-0.3, -0.25) is 0 Å². The highest BCUT2D eigenvalue weighted by Crippen LogP contribution is 2.28. The van der Waals surface area contributed by atoms with Crippen LogP contribution in [0.1, 0.15) is 11.5 Å². The molecule has 0 aliphatic carbocycles. The van der Waals surface area contributed by atoms with E-state index in [9.17, 15) is 0 Å². The summed E-state index contributed by atoms with van der Waals surface area (Å²) < 4.78 is 7.16. The number of nitrogens with zero attached hydrogens (tertiary/aromatic N) is 2. The molecule has 5 nitrogen and oxygen atoms in total. The molecule has 2 N–H and O–H groups in total. The zero-order valence-corrected chi connectivity index (χ0v) is 11.9. The summed E-state index contributed by atoms with van der Waals surface area (Å²) >= 11 is 6.27. The summed E-state index contributed by atoms with van der Waals surface area (Å²) in [5.74, 6) is 1.29. The molecule has 0 amide bonds. The molecule has 0 atom stereocenters. The summed E-state index contributed by atoms with van der Waals surface area (Å²) in [6.45, 7) is 0.393. The van der Waals surface area contributed by atoms with Crippen LogP contribution in [0.25, 0.3) is 5.69 Å². The molecule has 108 valence electrons. The lowest BCUT2D eigenvalue weighted by Crippen LogP contribution is -2.05. The van der Waals surface area contributed by atoms with Crippen molar-refractivity contribution in [1.82, 2.24) is 9.78 Å². The van der Waals surface area contributed by atoms with Crippen LogP contribution in [0, 0.1) is 0 Å². The number of anilines is 1. The molecule has 3 rings (SSSR count). The maximum atomic E-state index is 9.00. The third-order valence-electron chi connectivity index (χ3n) is 3.05. The normalized spacial score (nSPS) is 10.8. The molecule has 0 saturated carbocycles. The average molecular weight is 304 g/mol. The van der Waals surface area contributed by atoms with Gasteiger partial charge in [0.25, 0.3) is 0 Å². The first kappa shape index (κ1) is 13.7. The molecule has 6 heteroatoms. The molecule has 0 aliphatic rings. The van der Waals surface area contributed by atoms with Gasteiger partial charge in [-0.25, -0.2) is 4.68 Å². The molecule has 21 heavy (non-hydrogen) atoms. The number of para-hydroxylation sites is 1. The zero-order valence-electron chi connectivity index (χ0n) is 11.2.